The van der Waals surface area contributed by atoms with Crippen LogP contribution in [0.4, 0.5) is 4.39 Å². The molecule has 2 aliphatic rings. The van der Waals surface area contributed by atoms with E-state index in [1.54, 1.807) is 23.2 Å². The fourth-order valence-corrected chi connectivity index (χ4v) is 4.56. The number of hydrogen-bond acceptors (Lipinski definition) is 4. The Labute approximate surface area is 175 Å². The van der Waals surface area contributed by atoms with E-state index in [0.717, 1.165) is 35.1 Å². The van der Waals surface area contributed by atoms with Crippen LogP contribution in [0.5, 0.6) is 0 Å². The van der Waals surface area contributed by atoms with E-state index in [-0.39, 0.29) is 11.5 Å². The summed E-state index contributed by atoms with van der Waals surface area (Å²) in [6.45, 7) is 3.61. The van der Waals surface area contributed by atoms with E-state index < -0.39 is 5.82 Å². The minimum Gasteiger partial charge on any atom is -0.335 e. The van der Waals surface area contributed by atoms with Gasteiger partial charge in [0.1, 0.15) is 5.82 Å². The molecule has 1 aromatic heterocycles. The number of likely N-dealkylation sites (tertiary alicyclic amines) is 2. The number of aromatic nitrogens is 2. The molecule has 0 radical (unpaired) electrons. The van der Waals surface area contributed by atoms with Gasteiger partial charge in [-0.15, -0.1) is 0 Å². The number of hydrogen-bond donors (Lipinski definition) is 0. The van der Waals surface area contributed by atoms with Crippen LogP contribution in [0, 0.1) is 5.82 Å². The maximum Gasteiger partial charge on any atom is 0.256 e. The van der Waals surface area contributed by atoms with E-state index in [1.165, 1.54) is 25.3 Å². The molecule has 0 atom stereocenters. The monoisotopic (exact) mass is 404 g/mol. The quantitative estimate of drug-likeness (QED) is 0.666. The second kappa shape index (κ2) is 8.11. The van der Waals surface area contributed by atoms with Crippen molar-refractivity contribution in [3.8, 4) is 0 Å². The molecule has 2 saturated heterocycles. The summed E-state index contributed by atoms with van der Waals surface area (Å²) in [7, 11) is 0. The molecule has 3 aromatic rings. The summed E-state index contributed by atoms with van der Waals surface area (Å²) < 4.78 is 14.5. The van der Waals surface area contributed by atoms with Crippen molar-refractivity contribution in [1.82, 2.24) is 20.0 Å². The third-order valence-corrected chi connectivity index (χ3v) is 6.34. The average molecular weight is 404 g/mol. The molecule has 5 rings (SSSR count). The molecule has 2 aliphatic heterocycles. The van der Waals surface area contributed by atoms with Crippen LogP contribution < -0.4 is 0 Å². The summed E-state index contributed by atoms with van der Waals surface area (Å²) in [5.41, 5.74) is 1.84. The summed E-state index contributed by atoms with van der Waals surface area (Å²) in [6, 6.07) is 13.2. The molecule has 0 spiro atoms. The molecular weight excluding hydrogens is 379 g/mol. The lowest BCUT2D eigenvalue weighted by atomic mass is 9.99. The Morgan fingerprint density at radius 1 is 1.07 bits per heavy atom. The Hall–Kier alpha value is -2.86. The summed E-state index contributed by atoms with van der Waals surface area (Å²) in [6.07, 6.45) is 6.01. The van der Waals surface area contributed by atoms with E-state index in [9.17, 15) is 9.18 Å². The van der Waals surface area contributed by atoms with Gasteiger partial charge in [0.2, 0.25) is 0 Å². The van der Waals surface area contributed by atoms with E-state index >= 15 is 0 Å². The highest BCUT2D eigenvalue weighted by molar-refractivity contribution is 5.95. The lowest BCUT2D eigenvalue weighted by Gasteiger charge is -2.46. The Bertz CT molecular complexity index is 1070. The molecule has 2 fully saturated rings. The molecule has 0 unspecified atom stereocenters. The van der Waals surface area contributed by atoms with Crippen molar-refractivity contribution in [3.63, 3.8) is 0 Å². The van der Waals surface area contributed by atoms with Crippen LogP contribution in [0.3, 0.4) is 0 Å². The van der Waals surface area contributed by atoms with Gasteiger partial charge in [-0.2, -0.15) is 10.2 Å². The molecular formula is C24H25FN4O. The minimum atomic E-state index is -0.464. The summed E-state index contributed by atoms with van der Waals surface area (Å²) in [5, 5.41) is 10.4. The Balaban J connectivity index is 1.32. The highest BCUT2D eigenvalue weighted by Crippen LogP contribution is 2.24. The molecule has 0 aliphatic carbocycles. The van der Waals surface area contributed by atoms with Crippen molar-refractivity contribution in [1.29, 1.82) is 0 Å². The van der Waals surface area contributed by atoms with Crippen LogP contribution in [-0.2, 0) is 6.42 Å². The van der Waals surface area contributed by atoms with E-state index in [1.807, 2.05) is 24.3 Å². The fraction of sp³-hybridized carbons (Fsp3) is 0.375. The van der Waals surface area contributed by atoms with Gasteiger partial charge in [0.05, 0.1) is 17.5 Å². The van der Waals surface area contributed by atoms with Gasteiger partial charge in [-0.25, -0.2) is 4.39 Å². The second-order valence-corrected chi connectivity index (χ2v) is 8.33. The maximum atomic E-state index is 14.5. The molecule has 1 amide bonds. The lowest BCUT2D eigenvalue weighted by molar-refractivity contribution is 0.0200. The SMILES string of the molecule is O=C(c1cc(Cc2nncc3ccccc23)ccc1F)N1CC(N2CCCCC2)C1. The third-order valence-electron chi connectivity index (χ3n) is 6.34. The molecule has 0 saturated carbocycles. The molecule has 0 N–H and O–H groups in total. The van der Waals surface area contributed by atoms with Gasteiger partial charge in [-0.1, -0.05) is 36.8 Å². The largest absolute Gasteiger partial charge is 0.335 e. The van der Waals surface area contributed by atoms with Gasteiger partial charge < -0.3 is 4.90 Å². The predicted octanol–water partition coefficient (Wildman–Crippen LogP) is 3.67. The van der Waals surface area contributed by atoms with Crippen LogP contribution in [0.2, 0.25) is 0 Å². The smallest absolute Gasteiger partial charge is 0.256 e. The number of nitrogens with zero attached hydrogens (tertiary/aromatic N) is 4. The standard InChI is InChI=1S/C24H25FN4O/c25-22-9-8-17(13-23-20-7-3-2-6-18(20)14-26-27-23)12-21(22)24(30)29-15-19(16-29)28-10-4-1-5-11-28/h2-3,6-9,12,14,19H,1,4-5,10-11,13,15-16H2. The molecule has 0 bridgehead atoms. The van der Waals surface area contributed by atoms with Gasteiger partial charge in [0.25, 0.3) is 5.91 Å². The van der Waals surface area contributed by atoms with Crippen molar-refractivity contribution in [2.75, 3.05) is 26.2 Å². The van der Waals surface area contributed by atoms with Gasteiger partial charge in [-0.3, -0.25) is 9.69 Å². The molecule has 5 nitrogen and oxygen atoms in total. The number of amides is 1. The lowest BCUT2D eigenvalue weighted by Crippen LogP contribution is -2.61. The third kappa shape index (κ3) is 3.67. The van der Waals surface area contributed by atoms with Crippen molar-refractivity contribution in [2.45, 2.75) is 31.7 Å². The predicted molar refractivity (Wildman–Crippen MR) is 114 cm³/mol. The van der Waals surface area contributed by atoms with Crippen molar-refractivity contribution in [2.24, 2.45) is 0 Å². The van der Waals surface area contributed by atoms with Crippen molar-refractivity contribution in [3.05, 3.63) is 71.3 Å². The highest BCUT2D eigenvalue weighted by Gasteiger charge is 2.36. The maximum absolute atomic E-state index is 14.5. The van der Waals surface area contributed by atoms with Crippen molar-refractivity contribution >= 4 is 16.7 Å². The van der Waals surface area contributed by atoms with E-state index in [0.29, 0.717) is 25.6 Å². The first kappa shape index (κ1) is 19.1. The zero-order valence-electron chi connectivity index (χ0n) is 16.9. The normalized spacial score (nSPS) is 17.8. The number of piperidine rings is 1. The van der Waals surface area contributed by atoms with E-state index in [4.69, 9.17) is 0 Å². The first-order chi connectivity index (χ1) is 14.7. The zero-order valence-corrected chi connectivity index (χ0v) is 16.9. The number of carbonyl (C=O) groups is 1. The number of halogens is 1. The van der Waals surface area contributed by atoms with Gasteiger partial charge in [-0.05, 0) is 43.6 Å². The Morgan fingerprint density at radius 2 is 1.87 bits per heavy atom. The molecule has 30 heavy (non-hydrogen) atoms. The van der Waals surface area contributed by atoms with Gasteiger partial charge in [0, 0.05) is 36.3 Å². The first-order valence-corrected chi connectivity index (χ1v) is 10.7. The van der Waals surface area contributed by atoms with Crippen LogP contribution >= 0.6 is 0 Å². The molecule has 154 valence electrons. The van der Waals surface area contributed by atoms with Crippen molar-refractivity contribution < 1.29 is 9.18 Å². The number of fused-ring (bicyclic) bond motifs is 1. The van der Waals surface area contributed by atoms with E-state index in [2.05, 4.69) is 15.1 Å². The molecule has 3 heterocycles. The fourth-order valence-electron chi connectivity index (χ4n) is 4.56. The Kier molecular flexibility index (Phi) is 5.17. The highest BCUT2D eigenvalue weighted by atomic mass is 19.1. The molecule has 2 aromatic carbocycles. The average Bonchev–Trinajstić information content (AvgIpc) is 2.75. The molecule has 6 heteroatoms. The minimum absolute atomic E-state index is 0.151. The van der Waals surface area contributed by atoms with Crippen LogP contribution in [0.25, 0.3) is 10.8 Å². The van der Waals surface area contributed by atoms with Crippen LogP contribution in [0.15, 0.2) is 48.7 Å². The summed E-state index contributed by atoms with van der Waals surface area (Å²) >= 11 is 0. The number of carbonyl (C=O) groups excluding carboxylic acids is 1. The second-order valence-electron chi connectivity index (χ2n) is 8.33. The van der Waals surface area contributed by atoms with Gasteiger partial charge in [0.15, 0.2) is 0 Å². The first-order valence-electron chi connectivity index (χ1n) is 10.7. The summed E-state index contributed by atoms with van der Waals surface area (Å²) in [4.78, 5) is 17.2. The Morgan fingerprint density at radius 3 is 2.70 bits per heavy atom. The topological polar surface area (TPSA) is 49.3 Å². The van der Waals surface area contributed by atoms with Crippen LogP contribution in [-0.4, -0.2) is 58.1 Å². The zero-order chi connectivity index (χ0) is 20.5. The van der Waals surface area contributed by atoms with Gasteiger partial charge >= 0.3 is 0 Å². The summed E-state index contributed by atoms with van der Waals surface area (Å²) in [5.74, 6) is -0.680. The van der Waals surface area contributed by atoms with Crippen LogP contribution in [0.1, 0.15) is 40.9 Å². The number of rotatable bonds is 4. The number of benzene rings is 2.